The molecule has 2 heterocycles. The second kappa shape index (κ2) is 8.11. The van der Waals surface area contributed by atoms with Crippen molar-refractivity contribution in [3.8, 4) is 16.9 Å². The third kappa shape index (κ3) is 4.07. The summed E-state index contributed by atoms with van der Waals surface area (Å²) in [6, 6.07) is 13.9. The van der Waals surface area contributed by atoms with E-state index in [9.17, 15) is 18.1 Å². The lowest BCUT2D eigenvalue weighted by molar-refractivity contribution is -0.0506. The maximum absolute atomic E-state index is 15.1. The highest BCUT2D eigenvalue weighted by Gasteiger charge is 2.44. The summed E-state index contributed by atoms with van der Waals surface area (Å²) in [6.07, 6.45) is 1.74. The third-order valence-corrected chi connectivity index (χ3v) is 7.33. The first-order chi connectivity index (χ1) is 16.5. The summed E-state index contributed by atoms with van der Waals surface area (Å²) in [5, 5.41) is 16.7. The van der Waals surface area contributed by atoms with Crippen LogP contribution in [0.15, 0.2) is 65.7 Å². The molecule has 35 heavy (non-hydrogen) atoms. The first-order valence-corrected chi connectivity index (χ1v) is 12.5. The normalized spacial score (nSPS) is 21.3. The fourth-order valence-corrected chi connectivity index (χ4v) is 5.31. The summed E-state index contributed by atoms with van der Waals surface area (Å²) in [5.41, 5.74) is 1.03. The van der Waals surface area contributed by atoms with Gasteiger partial charge in [-0.25, -0.2) is 13.6 Å². The third-order valence-electron chi connectivity index (χ3n) is 6.26. The SMILES string of the molecule is C=S(N)(=O)c1ccc(-c2cn3c4c(nc3cc2F)C(C)(O)CC4c2ccccc2OC(F)F)cc1. The van der Waals surface area contributed by atoms with Crippen molar-refractivity contribution in [2.24, 2.45) is 5.14 Å². The Bertz CT molecular complexity index is 1550. The lowest BCUT2D eigenvalue weighted by Crippen LogP contribution is -2.18. The molecule has 0 aliphatic heterocycles. The number of hydrogen-bond acceptors (Lipinski definition) is 4. The molecule has 0 saturated carbocycles. The Balaban J connectivity index is 1.69. The van der Waals surface area contributed by atoms with E-state index in [4.69, 9.17) is 9.88 Å². The molecular formula is C25H22F3N3O3S. The minimum absolute atomic E-state index is 0.00239. The number of hydrogen-bond donors (Lipinski definition) is 2. The van der Waals surface area contributed by atoms with E-state index in [0.717, 1.165) is 0 Å². The van der Waals surface area contributed by atoms with Crippen molar-refractivity contribution >= 4 is 21.2 Å². The van der Waals surface area contributed by atoms with Crippen molar-refractivity contribution in [1.82, 2.24) is 9.38 Å². The molecular weight excluding hydrogens is 479 g/mol. The molecule has 1 aliphatic rings. The largest absolute Gasteiger partial charge is 0.435 e. The van der Waals surface area contributed by atoms with Gasteiger partial charge in [-0.1, -0.05) is 30.3 Å². The predicted molar refractivity (Wildman–Crippen MR) is 127 cm³/mol. The Morgan fingerprint density at radius 2 is 1.94 bits per heavy atom. The fraction of sp³-hybridized carbons (Fsp3) is 0.200. The number of halogens is 3. The molecule has 0 amide bonds. The van der Waals surface area contributed by atoms with Crippen molar-refractivity contribution < 1.29 is 27.2 Å². The average Bonchev–Trinajstić information content (AvgIpc) is 3.27. The molecule has 2 aromatic carbocycles. The minimum atomic E-state index is -3.01. The van der Waals surface area contributed by atoms with Gasteiger partial charge in [0.15, 0.2) is 0 Å². The molecule has 3 unspecified atom stereocenters. The number of nitrogens with zero attached hydrogens (tertiary/aromatic N) is 2. The maximum atomic E-state index is 15.1. The molecule has 0 spiro atoms. The van der Waals surface area contributed by atoms with Crippen LogP contribution in [0.2, 0.25) is 0 Å². The van der Waals surface area contributed by atoms with E-state index in [1.54, 1.807) is 47.9 Å². The van der Waals surface area contributed by atoms with Crippen LogP contribution >= 0.6 is 0 Å². The van der Waals surface area contributed by atoms with E-state index >= 15 is 4.39 Å². The van der Waals surface area contributed by atoms with Crippen LogP contribution in [0.5, 0.6) is 5.75 Å². The summed E-state index contributed by atoms with van der Waals surface area (Å²) in [6.45, 7) is -1.42. The number of aliphatic hydroxyl groups is 1. The molecule has 1 aliphatic carbocycles. The highest BCUT2D eigenvalue weighted by molar-refractivity contribution is 7.98. The van der Waals surface area contributed by atoms with E-state index in [1.807, 2.05) is 0 Å². The van der Waals surface area contributed by atoms with Crippen LogP contribution in [0.1, 0.15) is 36.2 Å². The van der Waals surface area contributed by atoms with Gasteiger partial charge in [0.25, 0.3) is 0 Å². The van der Waals surface area contributed by atoms with Crippen molar-refractivity contribution in [2.45, 2.75) is 36.4 Å². The van der Waals surface area contributed by atoms with Crippen LogP contribution < -0.4 is 9.88 Å². The Hall–Kier alpha value is -3.34. The van der Waals surface area contributed by atoms with Gasteiger partial charge in [0.1, 0.15) is 22.8 Å². The van der Waals surface area contributed by atoms with Gasteiger partial charge in [-0.3, -0.25) is 5.14 Å². The van der Waals surface area contributed by atoms with Gasteiger partial charge in [-0.05, 0) is 43.0 Å². The second-order valence-corrected chi connectivity index (χ2v) is 10.7. The zero-order valence-corrected chi connectivity index (χ0v) is 19.4. The highest BCUT2D eigenvalue weighted by Crippen LogP contribution is 2.49. The van der Waals surface area contributed by atoms with Gasteiger partial charge in [0.05, 0.1) is 21.1 Å². The summed E-state index contributed by atoms with van der Waals surface area (Å²) >= 11 is 0. The van der Waals surface area contributed by atoms with E-state index in [0.29, 0.717) is 27.4 Å². The molecule has 2 aromatic heterocycles. The molecule has 4 aromatic rings. The molecule has 0 radical (unpaired) electrons. The monoisotopic (exact) mass is 501 g/mol. The number of nitrogens with two attached hydrogens (primary N) is 1. The lowest BCUT2D eigenvalue weighted by atomic mass is 9.93. The number of para-hydroxylation sites is 1. The minimum Gasteiger partial charge on any atom is -0.435 e. The van der Waals surface area contributed by atoms with Crippen LogP contribution in [0.3, 0.4) is 0 Å². The second-order valence-electron chi connectivity index (χ2n) is 8.81. The van der Waals surface area contributed by atoms with Crippen LogP contribution in [0, 0.1) is 5.82 Å². The Morgan fingerprint density at radius 1 is 1.26 bits per heavy atom. The molecule has 0 bridgehead atoms. The van der Waals surface area contributed by atoms with Crippen molar-refractivity contribution in [3.63, 3.8) is 0 Å². The summed E-state index contributed by atoms with van der Waals surface area (Å²) in [4.78, 5) is 4.81. The molecule has 3 N–H and O–H groups in total. The number of rotatable bonds is 5. The van der Waals surface area contributed by atoms with Gasteiger partial charge < -0.3 is 14.2 Å². The van der Waals surface area contributed by atoms with Crippen LogP contribution in [-0.4, -0.2) is 31.2 Å². The summed E-state index contributed by atoms with van der Waals surface area (Å²) < 4.78 is 59.6. The topological polar surface area (TPSA) is 89.9 Å². The van der Waals surface area contributed by atoms with Crippen LogP contribution in [0.4, 0.5) is 13.2 Å². The Morgan fingerprint density at radius 3 is 2.60 bits per heavy atom. The van der Waals surface area contributed by atoms with Gasteiger partial charge in [-0.2, -0.15) is 8.78 Å². The molecule has 0 saturated heterocycles. The fourth-order valence-electron chi connectivity index (χ4n) is 4.71. The lowest BCUT2D eigenvalue weighted by Gasteiger charge is -2.20. The molecule has 10 heteroatoms. The van der Waals surface area contributed by atoms with E-state index in [1.165, 1.54) is 24.3 Å². The number of ether oxygens (including phenoxy) is 1. The summed E-state index contributed by atoms with van der Waals surface area (Å²) in [5.74, 6) is 2.37. The quantitative estimate of drug-likeness (QED) is 0.396. The highest BCUT2D eigenvalue weighted by atomic mass is 32.2. The zero-order chi connectivity index (χ0) is 25.1. The van der Waals surface area contributed by atoms with E-state index < -0.39 is 33.7 Å². The van der Waals surface area contributed by atoms with Crippen molar-refractivity contribution in [3.05, 3.63) is 83.6 Å². The van der Waals surface area contributed by atoms with Gasteiger partial charge in [0, 0.05) is 34.2 Å². The smallest absolute Gasteiger partial charge is 0.387 e. The van der Waals surface area contributed by atoms with Gasteiger partial charge >= 0.3 is 6.61 Å². The van der Waals surface area contributed by atoms with E-state index in [-0.39, 0.29) is 23.4 Å². The van der Waals surface area contributed by atoms with Gasteiger partial charge in [-0.15, -0.1) is 0 Å². The number of fused-ring (bicyclic) bond motifs is 3. The Labute approximate surface area is 199 Å². The zero-order valence-electron chi connectivity index (χ0n) is 18.6. The van der Waals surface area contributed by atoms with E-state index in [2.05, 4.69) is 10.9 Å². The van der Waals surface area contributed by atoms with Crippen LogP contribution in [0.25, 0.3) is 16.8 Å². The average molecular weight is 502 g/mol. The molecule has 5 rings (SSSR count). The predicted octanol–water partition coefficient (Wildman–Crippen LogP) is 4.43. The number of pyridine rings is 1. The molecule has 3 atom stereocenters. The number of imidazole rings is 1. The number of alkyl halides is 2. The molecule has 6 nitrogen and oxygen atoms in total. The standard InChI is InChI=1S/C25H22F3N3O3S/c1-25(32)12-17(16-5-3-4-6-20(16)34-24(27)28)22-23(25)30-21-11-19(26)18(13-31(21)22)14-7-9-15(10-8-14)35(2,29)33/h3-11,13,17,24,32H,2,12H2,1H3,(H2,29,33). The molecule has 0 fully saturated rings. The first-order valence-electron chi connectivity index (χ1n) is 10.7. The van der Waals surface area contributed by atoms with Crippen LogP contribution in [-0.2, 0) is 15.3 Å². The van der Waals surface area contributed by atoms with Crippen molar-refractivity contribution in [1.29, 1.82) is 0 Å². The first kappa shape index (κ1) is 23.4. The van der Waals surface area contributed by atoms with Gasteiger partial charge in [0.2, 0.25) is 0 Å². The molecule has 182 valence electrons. The number of benzene rings is 2. The Kier molecular flexibility index (Phi) is 5.42. The summed E-state index contributed by atoms with van der Waals surface area (Å²) in [7, 11) is -2.91. The maximum Gasteiger partial charge on any atom is 0.387 e. The number of aromatic nitrogens is 2. The van der Waals surface area contributed by atoms with Crippen molar-refractivity contribution in [2.75, 3.05) is 0 Å².